The van der Waals surface area contributed by atoms with Gasteiger partial charge in [0.15, 0.2) is 12.3 Å². The van der Waals surface area contributed by atoms with Crippen LogP contribution >= 0.6 is 27.5 Å². The molecular weight excluding hydrogens is 376 g/mol. The quantitative estimate of drug-likeness (QED) is 0.699. The third kappa shape index (κ3) is 4.47. The van der Waals surface area contributed by atoms with Gasteiger partial charge in [-0.15, -0.1) is 0 Å². The van der Waals surface area contributed by atoms with Crippen LogP contribution in [0, 0.1) is 6.92 Å². The summed E-state index contributed by atoms with van der Waals surface area (Å²) in [5.74, 6) is -0.568. The normalized spacial score (nSPS) is 10.1. The smallest absolute Gasteiger partial charge is 0.290 e. The first-order chi connectivity index (χ1) is 10.5. The first kappa shape index (κ1) is 16.3. The van der Waals surface area contributed by atoms with Crippen molar-refractivity contribution in [3.8, 4) is 5.75 Å². The minimum atomic E-state index is -0.523. The molecule has 116 valence electrons. The van der Waals surface area contributed by atoms with Gasteiger partial charge >= 0.3 is 0 Å². The van der Waals surface area contributed by atoms with Gasteiger partial charge < -0.3 is 4.74 Å². The van der Waals surface area contributed by atoms with Crippen molar-refractivity contribution < 1.29 is 14.3 Å². The molecule has 0 saturated carbocycles. The second kappa shape index (κ2) is 7.28. The first-order valence-corrected chi connectivity index (χ1v) is 7.32. The predicted octanol–water partition coefficient (Wildman–Crippen LogP) is 1.97. The number of rotatable bonds is 4. The van der Waals surface area contributed by atoms with Gasteiger partial charge in [0.2, 0.25) is 0 Å². The molecule has 0 spiro atoms. The highest BCUT2D eigenvalue weighted by Crippen LogP contribution is 2.27. The van der Waals surface area contributed by atoms with E-state index in [1.54, 1.807) is 31.2 Å². The largest absolute Gasteiger partial charge is 0.483 e. The number of ether oxygens (including phenoxy) is 1. The lowest BCUT2D eigenvalue weighted by Crippen LogP contribution is -2.44. The second-order valence-corrected chi connectivity index (χ2v) is 5.59. The number of carbonyl (C=O) groups is 2. The molecule has 1 aromatic heterocycles. The topological polar surface area (TPSA) is 96.1 Å². The van der Waals surface area contributed by atoms with Crippen LogP contribution in [0.2, 0.25) is 5.02 Å². The van der Waals surface area contributed by atoms with Crippen molar-refractivity contribution in [2.45, 2.75) is 6.92 Å². The van der Waals surface area contributed by atoms with Crippen LogP contribution in [0.3, 0.4) is 0 Å². The average Bonchev–Trinajstić information content (AvgIpc) is 2.90. The standard InChI is InChI=1S/C13H12BrClN4O3/c1-7-4-10(17-16-7)13(21)19-18-12(20)6-22-11-3-2-8(15)5-9(11)14/h2-5H,6H2,1H3,(H,16,17)(H,18,20)(H,19,21). The summed E-state index contributed by atoms with van der Waals surface area (Å²) in [6.07, 6.45) is 0. The molecule has 9 heteroatoms. The number of hydrazine groups is 1. The number of aromatic amines is 1. The number of benzene rings is 1. The number of nitrogens with zero attached hydrogens (tertiary/aromatic N) is 1. The Morgan fingerprint density at radius 1 is 1.36 bits per heavy atom. The second-order valence-electron chi connectivity index (χ2n) is 4.30. The van der Waals surface area contributed by atoms with Gasteiger partial charge in [-0.2, -0.15) is 5.10 Å². The Hall–Kier alpha value is -2.06. The van der Waals surface area contributed by atoms with Gasteiger partial charge in [0.1, 0.15) is 5.75 Å². The van der Waals surface area contributed by atoms with E-state index in [1.165, 1.54) is 0 Å². The van der Waals surface area contributed by atoms with Crippen LogP contribution in [0.15, 0.2) is 28.7 Å². The molecule has 0 unspecified atom stereocenters. The Morgan fingerprint density at radius 2 is 2.14 bits per heavy atom. The van der Waals surface area contributed by atoms with E-state index < -0.39 is 11.8 Å². The number of H-pyrrole nitrogens is 1. The Balaban J connectivity index is 1.79. The van der Waals surface area contributed by atoms with Crippen molar-refractivity contribution in [3.63, 3.8) is 0 Å². The maximum absolute atomic E-state index is 11.7. The number of aryl methyl sites for hydroxylation is 1. The number of hydrogen-bond acceptors (Lipinski definition) is 4. The van der Waals surface area contributed by atoms with Gasteiger partial charge in [-0.05, 0) is 47.1 Å². The molecule has 2 rings (SSSR count). The van der Waals surface area contributed by atoms with Crippen molar-refractivity contribution >= 4 is 39.3 Å². The molecule has 3 N–H and O–H groups in total. The molecule has 1 heterocycles. The summed E-state index contributed by atoms with van der Waals surface area (Å²) in [7, 11) is 0. The molecule has 0 aliphatic heterocycles. The van der Waals surface area contributed by atoms with Crippen LogP contribution in [0.5, 0.6) is 5.75 Å². The fourth-order valence-electron chi connectivity index (χ4n) is 1.50. The van der Waals surface area contributed by atoms with Crippen LogP contribution in [0.1, 0.15) is 16.2 Å². The third-order valence-corrected chi connectivity index (χ3v) is 3.36. The number of amides is 2. The van der Waals surface area contributed by atoms with Crippen LogP contribution < -0.4 is 15.6 Å². The van der Waals surface area contributed by atoms with E-state index in [2.05, 4.69) is 37.0 Å². The Kier molecular flexibility index (Phi) is 5.40. The van der Waals surface area contributed by atoms with Crippen LogP contribution in [-0.2, 0) is 4.79 Å². The SMILES string of the molecule is Cc1cc(C(=O)NNC(=O)COc2ccc(Cl)cc2Br)n[nH]1. The van der Waals surface area contributed by atoms with Crippen molar-refractivity contribution in [2.75, 3.05) is 6.61 Å². The highest BCUT2D eigenvalue weighted by Gasteiger charge is 2.11. The van der Waals surface area contributed by atoms with Crippen molar-refractivity contribution in [1.82, 2.24) is 21.0 Å². The van der Waals surface area contributed by atoms with E-state index in [9.17, 15) is 9.59 Å². The molecule has 0 radical (unpaired) electrons. The maximum atomic E-state index is 11.7. The van der Waals surface area contributed by atoms with E-state index in [4.69, 9.17) is 16.3 Å². The molecule has 22 heavy (non-hydrogen) atoms. The average molecular weight is 388 g/mol. The lowest BCUT2D eigenvalue weighted by molar-refractivity contribution is -0.123. The lowest BCUT2D eigenvalue weighted by atomic mass is 10.3. The van der Waals surface area contributed by atoms with Gasteiger partial charge in [-0.25, -0.2) is 0 Å². The zero-order chi connectivity index (χ0) is 16.1. The van der Waals surface area contributed by atoms with Crippen LogP contribution in [0.4, 0.5) is 0 Å². The molecule has 2 amide bonds. The number of nitrogens with one attached hydrogen (secondary N) is 3. The van der Waals surface area contributed by atoms with Gasteiger partial charge in [-0.1, -0.05) is 11.6 Å². The Morgan fingerprint density at radius 3 is 2.77 bits per heavy atom. The summed E-state index contributed by atoms with van der Waals surface area (Å²) in [5.41, 5.74) is 5.39. The van der Waals surface area contributed by atoms with Crippen LogP contribution in [0.25, 0.3) is 0 Å². The highest BCUT2D eigenvalue weighted by molar-refractivity contribution is 9.10. The summed E-state index contributed by atoms with van der Waals surface area (Å²) in [6, 6.07) is 6.48. The maximum Gasteiger partial charge on any atom is 0.290 e. The molecule has 0 aliphatic rings. The number of carbonyl (C=O) groups excluding carboxylic acids is 2. The summed E-state index contributed by atoms with van der Waals surface area (Å²) in [6.45, 7) is 1.50. The molecule has 7 nitrogen and oxygen atoms in total. The monoisotopic (exact) mass is 386 g/mol. The van der Waals surface area contributed by atoms with E-state index in [0.717, 1.165) is 5.69 Å². The molecule has 0 fully saturated rings. The van der Waals surface area contributed by atoms with Gasteiger partial charge in [0.05, 0.1) is 4.47 Å². The van der Waals surface area contributed by atoms with Crippen molar-refractivity contribution in [3.05, 3.63) is 45.1 Å². The van der Waals surface area contributed by atoms with Crippen molar-refractivity contribution in [2.24, 2.45) is 0 Å². The number of aromatic nitrogens is 2. The fourth-order valence-corrected chi connectivity index (χ4v) is 2.29. The summed E-state index contributed by atoms with van der Waals surface area (Å²) in [5, 5.41) is 6.95. The molecule has 0 aliphatic carbocycles. The zero-order valence-corrected chi connectivity index (χ0v) is 13.8. The van der Waals surface area contributed by atoms with E-state index in [1.807, 2.05) is 0 Å². The molecular formula is C13H12BrClN4O3. The van der Waals surface area contributed by atoms with Crippen LogP contribution in [-0.4, -0.2) is 28.6 Å². The zero-order valence-electron chi connectivity index (χ0n) is 11.4. The van der Waals surface area contributed by atoms with E-state index in [-0.39, 0.29) is 12.3 Å². The van der Waals surface area contributed by atoms with E-state index >= 15 is 0 Å². The molecule has 0 saturated heterocycles. The summed E-state index contributed by atoms with van der Waals surface area (Å²) in [4.78, 5) is 23.3. The Bertz CT molecular complexity index is 704. The molecule has 1 aromatic carbocycles. The highest BCUT2D eigenvalue weighted by atomic mass is 79.9. The van der Waals surface area contributed by atoms with Gasteiger partial charge in [0, 0.05) is 10.7 Å². The van der Waals surface area contributed by atoms with Gasteiger partial charge in [0.25, 0.3) is 11.8 Å². The van der Waals surface area contributed by atoms with Crippen molar-refractivity contribution in [1.29, 1.82) is 0 Å². The van der Waals surface area contributed by atoms with Gasteiger partial charge in [-0.3, -0.25) is 25.5 Å². The minimum absolute atomic E-state index is 0.180. The predicted molar refractivity (Wildman–Crippen MR) is 83.6 cm³/mol. The molecule has 0 atom stereocenters. The first-order valence-electron chi connectivity index (χ1n) is 6.15. The third-order valence-electron chi connectivity index (χ3n) is 2.51. The molecule has 2 aromatic rings. The summed E-state index contributed by atoms with van der Waals surface area (Å²) < 4.78 is 5.93. The Labute approximate surface area is 139 Å². The number of halogens is 2. The fraction of sp³-hybridized carbons (Fsp3) is 0.154. The van der Waals surface area contributed by atoms with E-state index in [0.29, 0.717) is 15.2 Å². The minimum Gasteiger partial charge on any atom is -0.483 e. The lowest BCUT2D eigenvalue weighted by Gasteiger charge is -2.09. The number of hydrogen-bond donors (Lipinski definition) is 3. The summed E-state index contributed by atoms with van der Waals surface area (Å²) >= 11 is 9.07. The molecule has 0 bridgehead atoms.